The molecule has 0 spiro atoms. The van der Waals surface area contributed by atoms with Crippen LogP contribution in [-0.4, -0.2) is 65.3 Å². The van der Waals surface area contributed by atoms with Gasteiger partial charge in [0, 0.05) is 139 Å². The molecule has 0 fully saturated rings. The quantitative estimate of drug-likeness (QED) is 0.0816. The number of imidazole rings is 5. The van der Waals surface area contributed by atoms with E-state index < -0.39 is 147 Å². The first-order chi connectivity index (χ1) is 70.8. The molecule has 0 unspecified atom stereocenters. The van der Waals surface area contributed by atoms with Crippen molar-refractivity contribution in [1.29, 1.82) is 0 Å². The summed E-state index contributed by atoms with van der Waals surface area (Å²) >= 11 is 4.93. The number of halogens is 2. The first-order valence-corrected chi connectivity index (χ1v) is 36.4. The second-order valence-electron chi connectivity index (χ2n) is 30.4. The molecule has 19 heteroatoms. The molecule has 115 heavy (non-hydrogen) atoms. The molecule has 0 saturated carbocycles. The second kappa shape index (κ2) is 40.6. The fraction of sp³-hybridized carbons (Fsp3) is 0.312. The molecule has 0 atom stereocenters. The van der Waals surface area contributed by atoms with Gasteiger partial charge in [-0.15, -0.1) is 23.8 Å². The number of hydrogen-bond donors (Lipinski definition) is 3. The van der Waals surface area contributed by atoms with E-state index >= 15 is 0 Å². The number of aryl methyl sites for hydroxylation is 10. The van der Waals surface area contributed by atoms with E-state index in [1.54, 1.807) is 48.5 Å². The fourth-order valence-corrected chi connectivity index (χ4v) is 11.0. The molecular formula is C96H113BBrIIrN13O2-. The van der Waals surface area contributed by atoms with Gasteiger partial charge < -0.3 is 24.2 Å². The largest absolute Gasteiger partial charge is 0.487 e. The number of nitrogens with one attached hydrogen (secondary N) is 1. The first-order valence-electron chi connectivity index (χ1n) is 56.0. The van der Waals surface area contributed by atoms with Crippen LogP contribution in [0.25, 0.3) is 60.1 Å². The maximum absolute atomic E-state index is 8.70. The molecule has 5 heterocycles. The summed E-state index contributed by atoms with van der Waals surface area (Å²) < 4.78 is 342. The number of H-pyrrole nitrogens is 1. The molecule has 15 nitrogen and oxygen atoms in total. The van der Waals surface area contributed by atoms with Gasteiger partial charge in [-0.1, -0.05) is 207 Å². The summed E-state index contributed by atoms with van der Waals surface area (Å²) in [5, 5.41) is 17.4. The smallest absolute Gasteiger partial charge is 0.423 e. The molecule has 0 aliphatic rings. The van der Waals surface area contributed by atoms with E-state index in [1.807, 2.05) is 126 Å². The van der Waals surface area contributed by atoms with Crippen LogP contribution in [0.4, 0.5) is 17.1 Å². The topological polar surface area (TPSA) is 154 Å². The number of aromatic amines is 1. The van der Waals surface area contributed by atoms with Crippen molar-refractivity contribution in [3.05, 3.63) is 334 Å². The van der Waals surface area contributed by atoms with Gasteiger partial charge in [0.15, 0.2) is 17.5 Å². The van der Waals surface area contributed by atoms with E-state index in [0.717, 1.165) is 23.8 Å². The minimum atomic E-state index is -2.71. The standard InChI is InChI=1S/C22H23N3.C22H22N3.C15H19BrN2.C15H20N2.C12H17I.C7H6BNO2.C3H4N2.Ir.H2/c2*1-15-12-18(22(3,4)5)13-16(2)20(15)25-11-10-24-21(25)17-8-7-9-19(14-17)23-6;1-10-8-12(15(3,4)5)9-11(2)13(10)18-7-6-17-14(18)16;1-11-8-13(15(3,4)5)9-12(2)14(11)17-7-6-16-10-17;1-8-6-10(12(3,4)5)7-9(2)11(8)13;1-9-7-4-2-3-6(5-7)8(10)11;1-2-5-3-4-1;;/h7-14H,1-5H3;7,9-14H,1-5H3;6-9H,1-5H3;6-10H,1-5H3;6-7H,1-5H3;2-5,10-11H;1-3H,(H,4,5);;1H/q;-1;;;;;;;/i2*1D3,2D3,10D,11D;1D3,2D3,6D,7D;1D3,2D3,6D,7D,10D;1D3,2D3;;1D,2D,3D;;1+1/hD. The van der Waals surface area contributed by atoms with E-state index in [0.29, 0.717) is 47.5 Å². The third kappa shape index (κ3) is 25.6. The first kappa shape index (κ1) is 48.6. The molecule has 0 bridgehead atoms. The Morgan fingerprint density at radius 1 is 0.470 bits per heavy atom. The van der Waals surface area contributed by atoms with Crippen molar-refractivity contribution >= 4 is 68.2 Å². The van der Waals surface area contributed by atoms with Crippen LogP contribution in [-0.2, 0) is 47.2 Å². The number of benzene rings is 8. The fourth-order valence-electron chi connectivity index (χ4n) is 10.3. The zero-order valence-electron chi connectivity index (χ0n) is 108. The van der Waals surface area contributed by atoms with Crippen molar-refractivity contribution in [2.45, 2.75) is 199 Å². The van der Waals surface area contributed by atoms with E-state index in [2.05, 4.69) is 61.5 Å². The number of nitrogens with zero attached hydrogens (tertiary/aromatic N) is 12. The van der Waals surface area contributed by atoms with Crippen LogP contribution in [0.2, 0.25) is 1.41 Å². The molecule has 0 saturated heterocycles. The van der Waals surface area contributed by atoms with E-state index in [1.165, 1.54) is 78.9 Å². The van der Waals surface area contributed by atoms with Gasteiger partial charge in [-0.05, 0) is 229 Å². The maximum Gasteiger partial charge on any atom is 0.487 e. The van der Waals surface area contributed by atoms with Gasteiger partial charge in [0.25, 0.3) is 0 Å². The third-order valence-electron chi connectivity index (χ3n) is 16.6. The van der Waals surface area contributed by atoms with E-state index in [9.17, 15) is 0 Å². The Labute approximate surface area is 782 Å². The molecule has 13 rings (SSSR count). The average molecular weight is 1940 g/mol. The molecule has 0 aliphatic heterocycles. The molecule has 0 amide bonds. The van der Waals surface area contributed by atoms with Crippen molar-refractivity contribution in [2.24, 2.45) is 0 Å². The predicted molar refractivity (Wildman–Crippen MR) is 487 cm³/mol. The summed E-state index contributed by atoms with van der Waals surface area (Å²) in [6.07, 6.45) is -5.24. The molecular weight excluding hydrogens is 1780 g/mol. The molecule has 5 aromatic heterocycles. The summed E-state index contributed by atoms with van der Waals surface area (Å²) in [4.78, 5) is 29.2. The SMILES string of the molecule is [2HH].[2H]C([2H])([2H])c1cc(C(C)(C)C)cc(C([2H])([2H])[2H])c1I.[2H]c1nc(-c2[c-]ccc([N+]#[C-])c2)n(-c2c(C([2H])([2H])[2H])cc(C(C)(C)C)cc2C([2H])([2H])[2H])c1[2H].[2H]c1nc(-c2cccc([N+]#[C-])c2)n(-c2c(C([2H])([2H])[2H])cc(C(C)(C)C)cc2C([2H])([2H])[2H])c1[2H].[2H]c1nc(Br)n(-c2c(C([2H])([2H])[2H])cc(C(C)(C)C)cc2C([2H])([2H])[2H])c1[2H].[2H]c1nc([2H])n(-c2c(C([2H])([2H])[2H])cc(C(C)(C)C)cc2C([2H])([2H])[2H])c1[2H].[2H]c1nc([2H])n([2H])c1[2H].[C-]#[N+]c1cccc(B(O)O)c1.[Ir]. The van der Waals surface area contributed by atoms with Crippen LogP contribution >= 0.6 is 38.5 Å². The summed E-state index contributed by atoms with van der Waals surface area (Å²) in [6.45, 7) is 23.1. The van der Waals surface area contributed by atoms with Crippen molar-refractivity contribution < 1.29 is 90.6 Å². The van der Waals surface area contributed by atoms with Crippen LogP contribution in [0.3, 0.4) is 0 Å². The van der Waals surface area contributed by atoms with Crippen molar-refractivity contribution in [3.63, 3.8) is 0 Å². The summed E-state index contributed by atoms with van der Waals surface area (Å²) in [7, 11) is -1.49. The van der Waals surface area contributed by atoms with Crippen LogP contribution < -0.4 is 5.46 Å². The summed E-state index contributed by atoms with van der Waals surface area (Å²) in [6, 6.07) is 34.5. The Hall–Kier alpha value is -9.88. The molecule has 0 aliphatic carbocycles. The van der Waals surface area contributed by atoms with Crippen molar-refractivity contribution in [3.8, 4) is 45.5 Å². The summed E-state index contributed by atoms with van der Waals surface area (Å²) in [5.74, 6) is -0.00924. The minimum absolute atomic E-state index is 0. The Bertz CT molecular complexity index is 7040. The zero-order valence-corrected chi connectivity index (χ0v) is 71.6. The van der Waals surface area contributed by atoms with Crippen molar-refractivity contribution in [2.75, 3.05) is 0 Å². The molecule has 3 N–H and O–H groups in total. The van der Waals surface area contributed by atoms with Gasteiger partial charge in [-0.25, -0.2) is 29.6 Å². The monoisotopic (exact) mass is 1930 g/mol. The molecule has 1 radical (unpaired) electrons. The Kier molecular flexibility index (Phi) is 17.2. The van der Waals surface area contributed by atoms with Crippen LogP contribution in [0.15, 0.2) is 206 Å². The predicted octanol–water partition coefficient (Wildman–Crippen LogP) is 24.9. The average Bonchev–Trinajstić information content (AvgIpc) is 1.70. The van der Waals surface area contributed by atoms with Crippen molar-refractivity contribution in [1.82, 2.24) is 48.2 Å². The van der Waals surface area contributed by atoms with Gasteiger partial charge >= 0.3 is 7.12 Å². The third-order valence-corrected chi connectivity index (χ3v) is 18.3. The normalized spacial score (nSPS) is 17.6. The zero-order chi connectivity index (χ0) is 121. The van der Waals surface area contributed by atoms with Gasteiger partial charge in [0.05, 0.1) is 68.9 Å². The number of hydrogen-bond acceptors (Lipinski definition) is 7. The van der Waals surface area contributed by atoms with E-state index in [4.69, 9.17) is 88.7 Å². The Morgan fingerprint density at radius 3 is 1.22 bits per heavy atom. The molecule has 8 aromatic carbocycles. The van der Waals surface area contributed by atoms with Crippen LogP contribution in [0.5, 0.6) is 0 Å². The van der Waals surface area contributed by atoms with E-state index in [-0.39, 0.29) is 163 Å². The summed E-state index contributed by atoms with van der Waals surface area (Å²) in [5.41, 5.74) is -0.199. The van der Waals surface area contributed by atoms with Gasteiger partial charge in [0.1, 0.15) is 14.3 Å². The maximum atomic E-state index is 8.70. The Morgan fingerprint density at radius 2 is 0.852 bits per heavy atom. The molecule has 601 valence electrons. The Balaban J connectivity index is 0.000000335. The number of aromatic nitrogens is 10. The van der Waals surface area contributed by atoms with Gasteiger partial charge in [-0.3, -0.25) is 19.0 Å². The van der Waals surface area contributed by atoms with Crippen LogP contribution in [0.1, 0.15) is 246 Å². The minimum Gasteiger partial charge on any atom is -0.423 e. The second-order valence-corrected chi connectivity index (χ2v) is 32.2. The van der Waals surface area contributed by atoms with Gasteiger partial charge in [-0.2, -0.15) is 6.07 Å². The number of rotatable bonds is 7. The van der Waals surface area contributed by atoms with Gasteiger partial charge in [0.2, 0.25) is 0 Å². The molecule has 13 aromatic rings. The van der Waals surface area contributed by atoms with Crippen LogP contribution in [0, 0.1) is 97.9 Å².